The molecule has 0 aromatic carbocycles. The van der Waals surface area contributed by atoms with Crippen LogP contribution in [-0.2, 0) is 14.3 Å². The zero-order chi connectivity index (χ0) is 15.3. The van der Waals surface area contributed by atoms with Crippen molar-refractivity contribution in [3.63, 3.8) is 0 Å². The van der Waals surface area contributed by atoms with Crippen LogP contribution in [0.5, 0.6) is 0 Å². The number of hydrogen-bond acceptors (Lipinski definition) is 4. The van der Waals surface area contributed by atoms with Gasteiger partial charge in [0.1, 0.15) is 0 Å². The van der Waals surface area contributed by atoms with Crippen molar-refractivity contribution in [3.05, 3.63) is 0 Å². The highest BCUT2D eigenvalue weighted by molar-refractivity contribution is 7.99. The average Bonchev–Trinajstić information content (AvgIpc) is 2.66. The van der Waals surface area contributed by atoms with Gasteiger partial charge in [0.15, 0.2) is 0 Å². The molecule has 2 amide bonds. The Hall–Kier alpha value is -0.750. The van der Waals surface area contributed by atoms with Crippen molar-refractivity contribution in [1.29, 1.82) is 0 Å². The molecule has 0 bridgehead atoms. The number of nitrogens with zero attached hydrogens (tertiary/aromatic N) is 2. The van der Waals surface area contributed by atoms with Gasteiger partial charge in [0.05, 0.1) is 17.8 Å². The fourth-order valence-corrected chi connectivity index (χ4v) is 3.86. The van der Waals surface area contributed by atoms with E-state index in [4.69, 9.17) is 4.74 Å². The molecule has 2 rings (SSSR count). The SMILES string of the molecule is COCCN1CC[C@@]2(CCCN(C(=O)CSC)CC2)C1=O. The van der Waals surface area contributed by atoms with Gasteiger partial charge in [-0.05, 0) is 31.9 Å². The summed E-state index contributed by atoms with van der Waals surface area (Å²) in [6.45, 7) is 3.64. The molecule has 120 valence electrons. The first-order valence-electron chi connectivity index (χ1n) is 7.68. The van der Waals surface area contributed by atoms with Crippen molar-refractivity contribution < 1.29 is 14.3 Å². The van der Waals surface area contributed by atoms with Crippen molar-refractivity contribution in [1.82, 2.24) is 9.80 Å². The largest absolute Gasteiger partial charge is 0.383 e. The Balaban J connectivity index is 1.96. The quantitative estimate of drug-likeness (QED) is 0.766. The zero-order valence-electron chi connectivity index (χ0n) is 13.1. The van der Waals surface area contributed by atoms with Gasteiger partial charge in [-0.15, -0.1) is 0 Å². The lowest BCUT2D eigenvalue weighted by Crippen LogP contribution is -2.38. The summed E-state index contributed by atoms with van der Waals surface area (Å²) >= 11 is 1.56. The molecule has 21 heavy (non-hydrogen) atoms. The Kier molecular flexibility index (Phi) is 5.93. The first-order valence-corrected chi connectivity index (χ1v) is 9.07. The highest BCUT2D eigenvalue weighted by atomic mass is 32.2. The average molecular weight is 314 g/mol. The first-order chi connectivity index (χ1) is 10.1. The summed E-state index contributed by atoms with van der Waals surface area (Å²) in [7, 11) is 1.66. The van der Waals surface area contributed by atoms with Gasteiger partial charge in [-0.1, -0.05) is 0 Å². The summed E-state index contributed by atoms with van der Waals surface area (Å²) in [6, 6.07) is 0. The van der Waals surface area contributed by atoms with Crippen LogP contribution in [0, 0.1) is 5.41 Å². The predicted octanol–water partition coefficient (Wildman–Crippen LogP) is 1.23. The standard InChI is InChI=1S/C15H26N2O3S/c1-20-11-10-17-9-6-15(14(17)19)4-3-7-16(8-5-15)13(18)12-21-2/h3-12H2,1-2H3/t15-/m0/s1. The third-order valence-electron chi connectivity index (χ3n) is 4.73. The maximum Gasteiger partial charge on any atom is 0.232 e. The molecular formula is C15H26N2O3S. The molecule has 0 aromatic heterocycles. The lowest BCUT2D eigenvalue weighted by Gasteiger charge is -2.26. The van der Waals surface area contributed by atoms with E-state index in [9.17, 15) is 9.59 Å². The summed E-state index contributed by atoms with van der Waals surface area (Å²) in [4.78, 5) is 28.6. The molecule has 2 saturated heterocycles. The Morgan fingerprint density at radius 1 is 1.29 bits per heavy atom. The lowest BCUT2D eigenvalue weighted by atomic mass is 9.79. The van der Waals surface area contributed by atoms with Crippen molar-refractivity contribution >= 4 is 23.6 Å². The van der Waals surface area contributed by atoms with Gasteiger partial charge in [0, 0.05) is 33.3 Å². The van der Waals surface area contributed by atoms with E-state index in [1.54, 1.807) is 18.9 Å². The van der Waals surface area contributed by atoms with Crippen molar-refractivity contribution in [2.45, 2.75) is 25.7 Å². The van der Waals surface area contributed by atoms with Crippen molar-refractivity contribution in [2.75, 3.05) is 51.9 Å². The van der Waals surface area contributed by atoms with E-state index in [-0.39, 0.29) is 17.2 Å². The van der Waals surface area contributed by atoms with E-state index in [1.807, 2.05) is 16.1 Å². The van der Waals surface area contributed by atoms with E-state index in [0.717, 1.165) is 45.3 Å². The molecule has 0 unspecified atom stereocenters. The molecule has 2 aliphatic rings. The Morgan fingerprint density at radius 3 is 2.76 bits per heavy atom. The van der Waals surface area contributed by atoms with E-state index in [0.29, 0.717) is 18.9 Å². The number of thioether (sulfide) groups is 1. The highest BCUT2D eigenvalue weighted by Crippen LogP contribution is 2.41. The molecule has 0 saturated carbocycles. The van der Waals surface area contributed by atoms with Gasteiger partial charge in [0.2, 0.25) is 11.8 Å². The summed E-state index contributed by atoms with van der Waals surface area (Å²) in [5.41, 5.74) is -0.220. The van der Waals surface area contributed by atoms with E-state index >= 15 is 0 Å². The topological polar surface area (TPSA) is 49.9 Å². The number of hydrogen-bond donors (Lipinski definition) is 0. The lowest BCUT2D eigenvalue weighted by molar-refractivity contribution is -0.137. The number of carbonyl (C=O) groups is 2. The number of methoxy groups -OCH3 is 1. The molecule has 6 heteroatoms. The van der Waals surface area contributed by atoms with Crippen LogP contribution < -0.4 is 0 Å². The fourth-order valence-electron chi connectivity index (χ4n) is 3.43. The van der Waals surface area contributed by atoms with Crippen LogP contribution in [0.3, 0.4) is 0 Å². The van der Waals surface area contributed by atoms with Crippen molar-refractivity contribution in [3.8, 4) is 0 Å². The number of carbonyl (C=O) groups excluding carboxylic acids is 2. The smallest absolute Gasteiger partial charge is 0.232 e. The minimum Gasteiger partial charge on any atom is -0.383 e. The van der Waals surface area contributed by atoms with Gasteiger partial charge in [-0.2, -0.15) is 11.8 Å². The molecule has 0 N–H and O–H groups in total. The minimum atomic E-state index is -0.220. The molecule has 2 fully saturated rings. The number of ether oxygens (including phenoxy) is 1. The van der Waals surface area contributed by atoms with E-state index < -0.39 is 0 Å². The molecule has 0 aromatic rings. The molecule has 0 aliphatic carbocycles. The number of amides is 2. The Bertz CT molecular complexity index is 391. The molecule has 2 aliphatic heterocycles. The Morgan fingerprint density at radius 2 is 2.05 bits per heavy atom. The fraction of sp³-hybridized carbons (Fsp3) is 0.867. The second-order valence-electron chi connectivity index (χ2n) is 5.98. The molecule has 1 spiro atoms. The molecular weight excluding hydrogens is 288 g/mol. The van der Waals surface area contributed by atoms with Crippen LogP contribution in [0.2, 0.25) is 0 Å². The van der Waals surface area contributed by atoms with Gasteiger partial charge in [-0.25, -0.2) is 0 Å². The molecule has 5 nitrogen and oxygen atoms in total. The molecule has 0 radical (unpaired) electrons. The maximum absolute atomic E-state index is 12.7. The first kappa shape index (κ1) is 16.6. The Labute approximate surface area is 131 Å². The van der Waals surface area contributed by atoms with E-state index in [1.165, 1.54) is 0 Å². The third kappa shape index (κ3) is 3.72. The molecule has 2 heterocycles. The van der Waals surface area contributed by atoms with Crippen LogP contribution in [0.15, 0.2) is 0 Å². The summed E-state index contributed by atoms with van der Waals surface area (Å²) in [5.74, 6) is 1.03. The second-order valence-corrected chi connectivity index (χ2v) is 6.85. The van der Waals surface area contributed by atoms with Crippen LogP contribution in [0.4, 0.5) is 0 Å². The van der Waals surface area contributed by atoms with E-state index in [2.05, 4.69) is 0 Å². The van der Waals surface area contributed by atoms with Crippen LogP contribution in [0.1, 0.15) is 25.7 Å². The third-order valence-corrected chi connectivity index (χ3v) is 5.27. The molecule has 1 atom stereocenters. The number of likely N-dealkylation sites (tertiary alicyclic amines) is 2. The van der Waals surface area contributed by atoms with Gasteiger partial charge in [-0.3, -0.25) is 9.59 Å². The highest BCUT2D eigenvalue weighted by Gasteiger charge is 2.46. The monoisotopic (exact) mass is 314 g/mol. The summed E-state index contributed by atoms with van der Waals surface area (Å²) < 4.78 is 5.08. The normalized spacial score (nSPS) is 26.5. The predicted molar refractivity (Wildman–Crippen MR) is 84.3 cm³/mol. The van der Waals surface area contributed by atoms with Crippen LogP contribution in [0.25, 0.3) is 0 Å². The van der Waals surface area contributed by atoms with Gasteiger partial charge < -0.3 is 14.5 Å². The number of rotatable bonds is 5. The summed E-state index contributed by atoms with van der Waals surface area (Å²) in [5, 5.41) is 0. The van der Waals surface area contributed by atoms with Crippen LogP contribution >= 0.6 is 11.8 Å². The van der Waals surface area contributed by atoms with Gasteiger partial charge >= 0.3 is 0 Å². The minimum absolute atomic E-state index is 0.209. The zero-order valence-corrected chi connectivity index (χ0v) is 13.9. The summed E-state index contributed by atoms with van der Waals surface area (Å²) in [6.07, 6.45) is 5.54. The maximum atomic E-state index is 12.7. The van der Waals surface area contributed by atoms with Crippen LogP contribution in [-0.4, -0.2) is 73.5 Å². The van der Waals surface area contributed by atoms with Gasteiger partial charge in [0.25, 0.3) is 0 Å². The van der Waals surface area contributed by atoms with Crippen molar-refractivity contribution in [2.24, 2.45) is 5.41 Å². The second kappa shape index (κ2) is 7.49.